The predicted octanol–water partition coefficient (Wildman–Crippen LogP) is 22.3. The summed E-state index contributed by atoms with van der Waals surface area (Å²) in [6, 6.07) is 96.8. The Morgan fingerprint density at radius 2 is 0.968 bits per heavy atom. The third-order valence-corrected chi connectivity index (χ3v) is 18.9. The van der Waals surface area contributed by atoms with Crippen molar-refractivity contribution in [3.8, 4) is 95.5 Å². The Hall–Kier alpha value is -10.9. The summed E-state index contributed by atoms with van der Waals surface area (Å²) in [6.07, 6.45) is 6.00. The number of para-hydroxylation sites is 4. The first-order valence-electron chi connectivity index (χ1n) is 31.8. The van der Waals surface area contributed by atoms with Crippen LogP contribution in [-0.2, 0) is 31.9 Å². The molecule has 18 rings (SSSR count). The molecule has 0 radical (unpaired) electrons. The number of benzene rings is 12. The molecule has 0 bridgehead atoms. The fourth-order valence-electron chi connectivity index (χ4n) is 14.2. The van der Waals surface area contributed by atoms with E-state index in [-0.39, 0.29) is 31.9 Å². The van der Waals surface area contributed by atoms with Gasteiger partial charge < -0.3 is 22.7 Å². The molecular weight excluding hydrogens is 1330 g/mol. The van der Waals surface area contributed by atoms with E-state index in [4.69, 9.17) is 18.6 Å². The van der Waals surface area contributed by atoms with E-state index in [1.54, 1.807) is 0 Å². The van der Waals surface area contributed by atoms with Gasteiger partial charge in [-0.1, -0.05) is 199 Å². The van der Waals surface area contributed by atoms with Crippen LogP contribution < -0.4 is 9.30 Å². The van der Waals surface area contributed by atoms with Gasteiger partial charge in [-0.3, -0.25) is 4.57 Å². The molecule has 94 heavy (non-hydrogen) atoms. The van der Waals surface area contributed by atoms with Crippen LogP contribution in [0.1, 0.15) is 52.7 Å². The molecule has 0 spiro atoms. The number of fused-ring (bicyclic) bond motifs is 16. The van der Waals surface area contributed by atoms with Crippen molar-refractivity contribution in [3.05, 3.63) is 285 Å². The molecule has 8 heteroatoms. The van der Waals surface area contributed by atoms with E-state index in [1.807, 2.05) is 48.7 Å². The van der Waals surface area contributed by atoms with E-state index in [0.717, 1.165) is 161 Å². The summed E-state index contributed by atoms with van der Waals surface area (Å²) in [5, 5.41) is 6.43. The zero-order chi connectivity index (χ0) is 62.4. The third-order valence-electron chi connectivity index (χ3n) is 18.9. The van der Waals surface area contributed by atoms with Gasteiger partial charge in [-0.2, -0.15) is 18.2 Å². The first-order valence-corrected chi connectivity index (χ1v) is 31.8. The maximum atomic E-state index is 6.97. The van der Waals surface area contributed by atoms with Crippen LogP contribution in [0.25, 0.3) is 161 Å². The minimum Gasteiger partial charge on any atom is -0.510 e. The molecule has 17 aromatic rings. The molecule has 0 amide bonds. The quantitative estimate of drug-likeness (QED) is 0.118. The molecule has 1 aliphatic heterocycles. The Balaban J connectivity index is 0.00000672. The molecule has 12 aromatic carbocycles. The number of hydrogen-bond acceptors (Lipinski definition) is 4. The summed E-state index contributed by atoms with van der Waals surface area (Å²) >= 11 is 0. The van der Waals surface area contributed by atoms with Gasteiger partial charge in [0.1, 0.15) is 28.1 Å². The van der Waals surface area contributed by atoms with E-state index < -0.39 is 0 Å². The Kier molecular flexibility index (Phi) is 13.1. The summed E-state index contributed by atoms with van der Waals surface area (Å²) < 4.78 is 26.6. The van der Waals surface area contributed by atoms with Gasteiger partial charge in [-0.25, -0.2) is 4.98 Å². The summed E-state index contributed by atoms with van der Waals surface area (Å²) in [6.45, 7) is 13.5. The summed E-state index contributed by atoms with van der Waals surface area (Å²) in [7, 11) is 0. The van der Waals surface area contributed by atoms with Crippen LogP contribution in [0.15, 0.2) is 264 Å². The van der Waals surface area contributed by atoms with Crippen LogP contribution in [0.4, 0.5) is 0 Å². The van der Waals surface area contributed by atoms with Crippen molar-refractivity contribution in [3.63, 3.8) is 0 Å². The number of aromatic nitrogens is 4. The molecule has 7 nitrogen and oxygen atoms in total. The molecule has 0 N–H and O–H groups in total. The first kappa shape index (κ1) is 57.1. The predicted molar refractivity (Wildman–Crippen MR) is 378 cm³/mol. The molecule has 0 fully saturated rings. The van der Waals surface area contributed by atoms with Crippen LogP contribution >= 0.6 is 0 Å². The van der Waals surface area contributed by atoms with Gasteiger partial charge in [0.25, 0.3) is 6.33 Å². The summed E-state index contributed by atoms with van der Waals surface area (Å²) in [5.74, 6) is 1.91. The van der Waals surface area contributed by atoms with Gasteiger partial charge in [0.2, 0.25) is 0 Å². The normalized spacial score (nSPS) is 12.3. The van der Waals surface area contributed by atoms with Gasteiger partial charge in [0.15, 0.2) is 0 Å². The summed E-state index contributed by atoms with van der Waals surface area (Å²) in [5.41, 5.74) is 24.4. The Morgan fingerprint density at radius 3 is 1.71 bits per heavy atom. The maximum Gasteiger partial charge on any atom is 0.268 e. The average Bonchev–Trinajstić information content (AvgIpc) is 1.72. The van der Waals surface area contributed by atoms with E-state index in [2.05, 4.69) is 280 Å². The van der Waals surface area contributed by atoms with Gasteiger partial charge >= 0.3 is 0 Å². The minimum absolute atomic E-state index is 0. The molecule has 0 aliphatic carbocycles. The molecule has 1 aliphatic rings. The van der Waals surface area contributed by atoms with Crippen molar-refractivity contribution in [2.75, 3.05) is 0 Å². The second-order valence-electron chi connectivity index (χ2n) is 26.7. The van der Waals surface area contributed by atoms with Gasteiger partial charge in [0, 0.05) is 65.8 Å². The monoisotopic (exact) mass is 1390 g/mol. The first-order chi connectivity index (χ1) is 45.3. The molecule has 0 saturated heterocycles. The average molecular weight is 1390 g/mol. The van der Waals surface area contributed by atoms with Gasteiger partial charge in [-0.05, 0) is 167 Å². The van der Waals surface area contributed by atoms with Crippen molar-refractivity contribution in [1.82, 2.24) is 14.1 Å². The van der Waals surface area contributed by atoms with Crippen molar-refractivity contribution >= 4 is 76.7 Å². The second-order valence-corrected chi connectivity index (χ2v) is 26.7. The molecule has 6 heterocycles. The van der Waals surface area contributed by atoms with E-state index in [9.17, 15) is 0 Å². The second kappa shape index (κ2) is 21.6. The number of rotatable bonds is 7. The van der Waals surface area contributed by atoms with Crippen LogP contribution in [-0.4, -0.2) is 14.1 Å². The van der Waals surface area contributed by atoms with Crippen molar-refractivity contribution in [1.29, 1.82) is 0 Å². The number of ether oxygens (including phenoxy) is 1. The van der Waals surface area contributed by atoms with Crippen LogP contribution in [0, 0.1) is 18.5 Å². The molecule has 0 unspecified atom stereocenters. The van der Waals surface area contributed by atoms with Gasteiger partial charge in [-0.15, -0.1) is 29.7 Å². The van der Waals surface area contributed by atoms with E-state index in [0.29, 0.717) is 11.5 Å². The Morgan fingerprint density at radius 1 is 0.394 bits per heavy atom. The number of pyridine rings is 1. The molecule has 0 saturated carbocycles. The number of hydrogen-bond donors (Lipinski definition) is 0. The smallest absolute Gasteiger partial charge is 0.268 e. The van der Waals surface area contributed by atoms with Crippen molar-refractivity contribution in [2.24, 2.45) is 0 Å². The zero-order valence-corrected chi connectivity index (χ0v) is 54.9. The van der Waals surface area contributed by atoms with Crippen LogP contribution in [0.3, 0.4) is 0 Å². The fraction of sp³-hybridized carbons (Fsp3) is 0.0930. The Bertz CT molecular complexity index is 5950. The molecular formula is C86H60N4O3Pt-2. The van der Waals surface area contributed by atoms with Crippen molar-refractivity contribution < 1.29 is 39.2 Å². The van der Waals surface area contributed by atoms with Crippen LogP contribution in [0.2, 0.25) is 0 Å². The number of furan rings is 2. The zero-order valence-electron chi connectivity index (χ0n) is 52.6. The molecule has 0 atom stereocenters. The number of imidazole rings is 1. The van der Waals surface area contributed by atoms with Gasteiger partial charge in [0.05, 0.1) is 16.7 Å². The topological polar surface area (TPSA) is 62.1 Å². The largest absolute Gasteiger partial charge is 0.510 e. The minimum atomic E-state index is -0.0732. The molecule has 454 valence electrons. The van der Waals surface area contributed by atoms with E-state index in [1.165, 1.54) is 11.1 Å². The number of nitrogens with zero attached hydrogens (tertiary/aromatic N) is 4. The molecule has 5 aromatic heterocycles. The van der Waals surface area contributed by atoms with E-state index >= 15 is 0 Å². The maximum absolute atomic E-state index is 6.97. The SMILES string of the molecule is CC(C)(C)c1ccc(-c2ccc3c(c2)-c2cccc(-c4ccc5oc6ccccc6c5c4)c2-[n+]2[c-]n(-c4[c-]c(Oc5[c-]c6c(cc5)c5ccccc5n6-c5cc(C(C)(C)C)ccn5)ccc4)c4cc(-c5ccc6oc7ccccc7c6c5)cc(c42)-c2ccccc2-3)cc1.[Pt]. The van der Waals surface area contributed by atoms with Crippen molar-refractivity contribution in [2.45, 2.75) is 52.4 Å². The third kappa shape index (κ3) is 9.27. The fourth-order valence-corrected chi connectivity index (χ4v) is 14.2. The Labute approximate surface area is 558 Å². The summed E-state index contributed by atoms with van der Waals surface area (Å²) in [4.78, 5) is 4.95. The van der Waals surface area contributed by atoms with Crippen LogP contribution in [0.5, 0.6) is 11.5 Å². The standard InChI is InChI=1S/C86H60N4O3.Pt/c1-85(2,3)57-34-29-52(30-35-57)53-31-37-65-63-19-7-8-20-64(63)74-46-56(54-32-39-80-72(44-54)68-22-10-13-27-78(68)92-80)47-77-84(74)89(83-62(24-16-25-70(83)71(65)43-53)55-33-40-81-73(45-55)69-23-11-14-28-79(69)93-81)51-88(77)59-17-15-18-60(49-59)91-61-36-38-67-66-21-9-12-26-75(66)90(76(67)50-61)82-48-58(41-42-87-82)86(4,5)6;/h7-48H,1-6H3;/q-2;.